The molecule has 150 valence electrons. The third kappa shape index (κ3) is 4.99. The molecular formula is C22H26O6. The molecule has 0 aliphatic heterocycles. The third-order valence-electron chi connectivity index (χ3n) is 4.64. The molecule has 0 saturated carbocycles. The zero-order valence-electron chi connectivity index (χ0n) is 15.6. The molecule has 6 nitrogen and oxygen atoms in total. The molecular weight excluding hydrogens is 360 g/mol. The van der Waals surface area contributed by atoms with Crippen molar-refractivity contribution in [3.63, 3.8) is 0 Å². The van der Waals surface area contributed by atoms with E-state index in [9.17, 15) is 30.6 Å². The second-order valence-corrected chi connectivity index (χ2v) is 6.58. The maximum absolute atomic E-state index is 10.8. The van der Waals surface area contributed by atoms with E-state index in [4.69, 9.17) is 0 Å². The van der Waals surface area contributed by atoms with Crippen molar-refractivity contribution in [3.8, 4) is 0 Å². The normalized spacial score (nSPS) is 18.2. The average molecular weight is 386 g/mol. The molecule has 6 N–H and O–H groups in total. The molecule has 2 aromatic rings. The largest absolute Gasteiger partial charge is 0.509 e. The first kappa shape index (κ1) is 21.7. The molecule has 0 aliphatic carbocycles. The van der Waals surface area contributed by atoms with Gasteiger partial charge in [0.1, 0.15) is 35.4 Å². The lowest BCUT2D eigenvalue weighted by Gasteiger charge is -2.35. The van der Waals surface area contributed by atoms with Gasteiger partial charge in [0.25, 0.3) is 0 Å². The predicted octanol–water partition coefficient (Wildman–Crippen LogP) is 2.41. The van der Waals surface area contributed by atoms with Crippen LogP contribution in [0.2, 0.25) is 0 Å². The van der Waals surface area contributed by atoms with Gasteiger partial charge in [-0.1, -0.05) is 67.6 Å². The van der Waals surface area contributed by atoms with Crippen molar-refractivity contribution < 1.29 is 30.6 Å². The maximum Gasteiger partial charge on any atom is 0.149 e. The van der Waals surface area contributed by atoms with Gasteiger partial charge >= 0.3 is 0 Å². The van der Waals surface area contributed by atoms with Crippen LogP contribution in [0, 0.1) is 0 Å². The lowest BCUT2D eigenvalue weighted by atomic mass is 9.85. The molecule has 0 saturated heterocycles. The second kappa shape index (κ2) is 9.52. The molecule has 4 atom stereocenters. The minimum atomic E-state index is -2.22. The number of aliphatic hydroxyl groups is 6. The molecule has 0 fully saturated rings. The van der Waals surface area contributed by atoms with Crippen molar-refractivity contribution in [1.29, 1.82) is 0 Å². The summed E-state index contributed by atoms with van der Waals surface area (Å²) >= 11 is 0. The van der Waals surface area contributed by atoms with E-state index in [0.29, 0.717) is 11.1 Å². The molecule has 0 radical (unpaired) electrons. The molecule has 0 aromatic heterocycles. The summed E-state index contributed by atoms with van der Waals surface area (Å²) in [6.45, 7) is 1.51. The number of hydrogen-bond donors (Lipinski definition) is 6. The summed E-state index contributed by atoms with van der Waals surface area (Å²) in [5, 5.41) is 62.2. The second-order valence-electron chi connectivity index (χ2n) is 6.58. The Morgan fingerprint density at radius 2 is 1.32 bits per heavy atom. The molecule has 2 aromatic carbocycles. The van der Waals surface area contributed by atoms with Gasteiger partial charge in [-0.3, -0.25) is 0 Å². The van der Waals surface area contributed by atoms with Gasteiger partial charge in [-0.05, 0) is 29.7 Å². The molecule has 28 heavy (non-hydrogen) atoms. The Labute approximate surface area is 164 Å². The summed E-state index contributed by atoms with van der Waals surface area (Å²) in [5.41, 5.74) is -1.05. The van der Waals surface area contributed by atoms with Crippen molar-refractivity contribution in [1.82, 2.24) is 0 Å². The van der Waals surface area contributed by atoms with Gasteiger partial charge in [0, 0.05) is 0 Å². The van der Waals surface area contributed by atoms with Gasteiger partial charge in [-0.25, -0.2) is 0 Å². The highest BCUT2D eigenvalue weighted by Gasteiger charge is 2.45. The highest BCUT2D eigenvalue weighted by atomic mass is 16.4. The molecule has 6 heteroatoms. The fraction of sp³-hybridized carbons (Fsp3) is 0.273. The average Bonchev–Trinajstić information content (AvgIpc) is 2.72. The lowest BCUT2D eigenvalue weighted by Crippen LogP contribution is -2.54. The number of rotatable bonds is 8. The van der Waals surface area contributed by atoms with Crippen LogP contribution in [0.15, 0.2) is 72.2 Å². The van der Waals surface area contributed by atoms with Crippen LogP contribution < -0.4 is 0 Å². The smallest absolute Gasteiger partial charge is 0.149 e. The Hall–Kier alpha value is -2.64. The molecule has 0 unspecified atom stereocenters. The van der Waals surface area contributed by atoms with Crippen molar-refractivity contribution in [2.75, 3.05) is 0 Å². The van der Waals surface area contributed by atoms with Gasteiger partial charge in [0.15, 0.2) is 0 Å². The highest BCUT2D eigenvalue weighted by Crippen LogP contribution is 2.29. The summed E-state index contributed by atoms with van der Waals surface area (Å²) in [6, 6.07) is 17.3. The molecule has 0 amide bonds. The molecule has 0 bridgehead atoms. The maximum atomic E-state index is 10.8. The standard InChI is InChI=1S/C22H26O6/c1-2-22(28,18(24)14-16-11-7-4-8-12-16)21(27)20(26)19(25)17(23)13-15-9-5-3-6-10-15/h3-14,19-21,23-28H,2H2,1H3/t19-,20-,21+,22+/m1/s1. The topological polar surface area (TPSA) is 121 Å². The van der Waals surface area contributed by atoms with E-state index in [1.54, 1.807) is 60.7 Å². The van der Waals surface area contributed by atoms with Gasteiger partial charge in [-0.15, -0.1) is 0 Å². The number of benzene rings is 2. The Morgan fingerprint density at radius 1 is 0.857 bits per heavy atom. The SMILES string of the molecule is CC[C@](O)(C(O)=Cc1ccccc1)[C@@H](O)[C@H](O)[C@H](O)C(O)=Cc1ccccc1. The van der Waals surface area contributed by atoms with E-state index in [-0.39, 0.29) is 6.42 Å². The van der Waals surface area contributed by atoms with Gasteiger partial charge in [0.2, 0.25) is 0 Å². The van der Waals surface area contributed by atoms with Crippen LogP contribution in [-0.2, 0) is 0 Å². The van der Waals surface area contributed by atoms with Crippen LogP contribution in [0.1, 0.15) is 24.5 Å². The Morgan fingerprint density at radius 3 is 1.79 bits per heavy atom. The van der Waals surface area contributed by atoms with Crippen LogP contribution in [0.5, 0.6) is 0 Å². The van der Waals surface area contributed by atoms with Gasteiger partial charge in [0.05, 0.1) is 0 Å². The van der Waals surface area contributed by atoms with E-state index >= 15 is 0 Å². The Bertz CT molecular complexity index is 802. The van der Waals surface area contributed by atoms with Crippen LogP contribution >= 0.6 is 0 Å². The van der Waals surface area contributed by atoms with Crippen molar-refractivity contribution in [3.05, 3.63) is 83.3 Å². The van der Waals surface area contributed by atoms with Gasteiger partial charge < -0.3 is 30.6 Å². The summed E-state index contributed by atoms with van der Waals surface area (Å²) in [4.78, 5) is 0. The van der Waals surface area contributed by atoms with Crippen molar-refractivity contribution in [2.24, 2.45) is 0 Å². The first-order valence-corrected chi connectivity index (χ1v) is 8.98. The summed E-state index contributed by atoms with van der Waals surface area (Å²) in [6.07, 6.45) is -3.40. The number of aliphatic hydroxyl groups excluding tert-OH is 5. The quantitative estimate of drug-likeness (QED) is 0.388. The minimum absolute atomic E-state index is 0.143. The lowest BCUT2D eigenvalue weighted by molar-refractivity contribution is -0.147. The first-order valence-electron chi connectivity index (χ1n) is 8.98. The zero-order valence-corrected chi connectivity index (χ0v) is 15.6. The summed E-state index contributed by atoms with van der Waals surface area (Å²) in [7, 11) is 0. The molecule has 0 heterocycles. The van der Waals surface area contributed by atoms with Gasteiger partial charge in [-0.2, -0.15) is 0 Å². The van der Waals surface area contributed by atoms with Crippen LogP contribution in [-0.4, -0.2) is 54.6 Å². The third-order valence-corrected chi connectivity index (χ3v) is 4.64. The van der Waals surface area contributed by atoms with Crippen molar-refractivity contribution in [2.45, 2.75) is 37.3 Å². The summed E-state index contributed by atoms with van der Waals surface area (Å²) in [5.74, 6) is -1.14. The minimum Gasteiger partial charge on any atom is -0.509 e. The van der Waals surface area contributed by atoms with Crippen molar-refractivity contribution >= 4 is 12.2 Å². The molecule has 0 spiro atoms. The van der Waals surface area contributed by atoms with E-state index in [1.807, 2.05) is 0 Å². The van der Waals surface area contributed by atoms with Crippen LogP contribution in [0.25, 0.3) is 12.2 Å². The highest BCUT2D eigenvalue weighted by molar-refractivity contribution is 5.53. The fourth-order valence-corrected chi connectivity index (χ4v) is 2.81. The van der Waals surface area contributed by atoms with E-state index in [1.165, 1.54) is 19.1 Å². The fourth-order valence-electron chi connectivity index (χ4n) is 2.81. The molecule has 0 aliphatic rings. The monoisotopic (exact) mass is 386 g/mol. The van der Waals surface area contributed by atoms with E-state index < -0.39 is 35.4 Å². The Balaban J connectivity index is 2.23. The Kier molecular flexibility index (Phi) is 7.37. The summed E-state index contributed by atoms with van der Waals surface area (Å²) < 4.78 is 0. The van der Waals surface area contributed by atoms with Crippen LogP contribution in [0.4, 0.5) is 0 Å². The zero-order chi connectivity index (χ0) is 20.7. The molecule has 2 rings (SSSR count). The van der Waals surface area contributed by atoms with E-state index in [0.717, 1.165) is 0 Å². The van der Waals surface area contributed by atoms with Crippen LogP contribution in [0.3, 0.4) is 0 Å². The van der Waals surface area contributed by atoms with E-state index in [2.05, 4.69) is 0 Å². The first-order chi connectivity index (χ1) is 13.3. The predicted molar refractivity (Wildman–Crippen MR) is 107 cm³/mol. The number of hydrogen-bond acceptors (Lipinski definition) is 6.